The maximum Gasteiger partial charge on any atom is 0.295 e. The molecule has 0 saturated carbocycles. The van der Waals surface area contributed by atoms with Gasteiger partial charge in [0.05, 0.1) is 16.3 Å². The maximum absolute atomic E-state index is 11.2. The molecule has 2 heterocycles. The number of hydrogen-bond donors (Lipinski definition) is 0. The summed E-state index contributed by atoms with van der Waals surface area (Å²) in [5, 5.41) is 13.0. The van der Waals surface area contributed by atoms with Gasteiger partial charge in [0, 0.05) is 29.4 Å². The summed E-state index contributed by atoms with van der Waals surface area (Å²) in [7, 11) is 1.96. The van der Waals surface area contributed by atoms with E-state index < -0.39 is 0 Å². The average Bonchev–Trinajstić information content (AvgIpc) is 2.85. The molecular weight excluding hydrogens is 266 g/mol. The third-order valence-electron chi connectivity index (χ3n) is 3.87. The van der Waals surface area contributed by atoms with E-state index in [0.717, 1.165) is 27.7 Å². The SMILES string of the molecule is Cn1c2c3cccc([N+](=O)[O-])c3nc-2cc2ccccc21. The van der Waals surface area contributed by atoms with Gasteiger partial charge in [0.1, 0.15) is 0 Å². The highest BCUT2D eigenvalue weighted by molar-refractivity contribution is 6.03. The second-order valence-electron chi connectivity index (χ2n) is 5.04. The van der Waals surface area contributed by atoms with Crippen LogP contribution < -0.4 is 0 Å². The highest BCUT2D eigenvalue weighted by Gasteiger charge is 2.22. The fourth-order valence-electron chi connectivity index (χ4n) is 2.93. The van der Waals surface area contributed by atoms with Gasteiger partial charge in [0.25, 0.3) is 5.69 Å². The van der Waals surface area contributed by atoms with Gasteiger partial charge in [-0.25, -0.2) is 4.98 Å². The van der Waals surface area contributed by atoms with Gasteiger partial charge in [-0.3, -0.25) is 10.1 Å². The van der Waals surface area contributed by atoms with E-state index >= 15 is 0 Å². The number of hydrogen-bond acceptors (Lipinski definition) is 3. The summed E-state index contributed by atoms with van der Waals surface area (Å²) in [4.78, 5) is 15.3. The van der Waals surface area contributed by atoms with Crippen LogP contribution in [0.15, 0.2) is 48.5 Å². The highest BCUT2D eigenvalue weighted by atomic mass is 16.6. The molecule has 0 unspecified atom stereocenters. The molecule has 0 aromatic heterocycles. The first kappa shape index (κ1) is 11.8. The van der Waals surface area contributed by atoms with E-state index in [1.165, 1.54) is 6.07 Å². The molecule has 0 aliphatic carbocycles. The summed E-state index contributed by atoms with van der Waals surface area (Å²) in [6.45, 7) is 0. The molecule has 0 bridgehead atoms. The van der Waals surface area contributed by atoms with E-state index in [9.17, 15) is 10.1 Å². The molecular formula is C16H11N3O2. The van der Waals surface area contributed by atoms with Gasteiger partial charge in [-0.15, -0.1) is 0 Å². The van der Waals surface area contributed by atoms with Crippen LogP contribution in [-0.2, 0) is 7.05 Å². The second kappa shape index (κ2) is 4.02. The molecule has 5 nitrogen and oxygen atoms in total. The van der Waals surface area contributed by atoms with Crippen molar-refractivity contribution < 1.29 is 4.92 Å². The van der Waals surface area contributed by atoms with Crippen molar-refractivity contribution in [2.24, 2.45) is 7.05 Å². The molecule has 0 radical (unpaired) electrons. The zero-order valence-corrected chi connectivity index (χ0v) is 11.3. The summed E-state index contributed by atoms with van der Waals surface area (Å²) in [5.74, 6) is 0. The van der Waals surface area contributed by atoms with Crippen LogP contribution >= 0.6 is 0 Å². The lowest BCUT2D eigenvalue weighted by Gasteiger charge is -2.11. The molecule has 102 valence electrons. The van der Waals surface area contributed by atoms with E-state index in [1.807, 2.05) is 48.0 Å². The van der Waals surface area contributed by atoms with Crippen LogP contribution in [-0.4, -0.2) is 14.5 Å². The number of pyridine rings is 1. The smallest absolute Gasteiger partial charge is 0.295 e. The Morgan fingerprint density at radius 2 is 1.95 bits per heavy atom. The van der Waals surface area contributed by atoms with Crippen molar-refractivity contribution in [1.29, 1.82) is 0 Å². The first-order valence-corrected chi connectivity index (χ1v) is 6.58. The van der Waals surface area contributed by atoms with Gasteiger partial charge >= 0.3 is 0 Å². The number of nitro benzene ring substituents is 1. The molecule has 0 spiro atoms. The molecule has 0 saturated heterocycles. The van der Waals surface area contributed by atoms with Gasteiger partial charge in [0.15, 0.2) is 5.52 Å². The standard InChI is InChI=1S/C16H11N3O2/c1-18-13-7-3-2-5-10(13)9-12-16(18)11-6-4-8-14(19(20)21)15(11)17-12/h2-9H,1H3. The predicted octanol–water partition coefficient (Wildman–Crippen LogP) is 3.74. The average molecular weight is 277 g/mol. The highest BCUT2D eigenvalue weighted by Crippen LogP contribution is 2.37. The number of aryl methyl sites for hydroxylation is 1. The summed E-state index contributed by atoms with van der Waals surface area (Å²) >= 11 is 0. The van der Waals surface area contributed by atoms with Crippen molar-refractivity contribution in [3.63, 3.8) is 0 Å². The Kier molecular flexibility index (Phi) is 2.27. The predicted molar refractivity (Wildman–Crippen MR) is 81.5 cm³/mol. The molecule has 2 aliphatic rings. The summed E-state index contributed by atoms with van der Waals surface area (Å²) < 4.78 is 2.05. The minimum absolute atomic E-state index is 0.0488. The lowest BCUT2D eigenvalue weighted by Crippen LogP contribution is -1.98. The topological polar surface area (TPSA) is 61.0 Å². The fraction of sp³-hybridized carbons (Fsp3) is 0.0625. The minimum atomic E-state index is -0.381. The van der Waals surface area contributed by atoms with Gasteiger partial charge < -0.3 is 4.57 Å². The van der Waals surface area contributed by atoms with Crippen LogP contribution in [0.2, 0.25) is 0 Å². The number of non-ortho nitro benzene ring substituents is 1. The van der Waals surface area contributed by atoms with Crippen molar-refractivity contribution in [2.75, 3.05) is 0 Å². The summed E-state index contributed by atoms with van der Waals surface area (Å²) in [6, 6.07) is 15.1. The molecule has 5 heteroatoms. The monoisotopic (exact) mass is 277 g/mol. The van der Waals surface area contributed by atoms with Crippen LogP contribution in [0.25, 0.3) is 33.2 Å². The molecule has 0 N–H and O–H groups in total. The van der Waals surface area contributed by atoms with E-state index in [-0.39, 0.29) is 10.6 Å². The second-order valence-corrected chi connectivity index (χ2v) is 5.04. The maximum atomic E-state index is 11.2. The number of nitro groups is 1. The van der Waals surface area contributed by atoms with Crippen LogP contribution in [0.3, 0.4) is 0 Å². The number of benzene rings is 2. The Hall–Kier alpha value is -2.95. The van der Waals surface area contributed by atoms with E-state index in [4.69, 9.17) is 0 Å². The van der Waals surface area contributed by atoms with E-state index in [2.05, 4.69) is 4.98 Å². The lowest BCUT2D eigenvalue weighted by atomic mass is 10.1. The van der Waals surface area contributed by atoms with Crippen molar-refractivity contribution in [1.82, 2.24) is 9.55 Å². The van der Waals surface area contributed by atoms with E-state index in [1.54, 1.807) is 6.07 Å². The van der Waals surface area contributed by atoms with Crippen molar-refractivity contribution in [3.05, 3.63) is 58.6 Å². The number of nitrogens with zero attached hydrogens (tertiary/aromatic N) is 3. The van der Waals surface area contributed by atoms with E-state index in [0.29, 0.717) is 5.52 Å². The van der Waals surface area contributed by atoms with Crippen LogP contribution in [0.1, 0.15) is 0 Å². The van der Waals surface area contributed by atoms with Gasteiger partial charge in [0.2, 0.25) is 0 Å². The quantitative estimate of drug-likeness (QED) is 0.393. The lowest BCUT2D eigenvalue weighted by molar-refractivity contribution is -0.383. The Balaban J connectivity index is 2.25. The first-order valence-electron chi connectivity index (χ1n) is 6.58. The number of rotatable bonds is 1. The molecule has 2 aliphatic heterocycles. The Bertz CT molecular complexity index is 988. The van der Waals surface area contributed by atoms with Crippen LogP contribution in [0, 0.1) is 10.1 Å². The molecule has 0 amide bonds. The molecule has 4 rings (SSSR count). The largest absolute Gasteiger partial charge is 0.342 e. The third kappa shape index (κ3) is 1.54. The number of aromatic nitrogens is 2. The fourth-order valence-corrected chi connectivity index (χ4v) is 2.93. The molecule has 0 atom stereocenters. The Morgan fingerprint density at radius 1 is 1.14 bits per heavy atom. The molecule has 2 aromatic carbocycles. The minimum Gasteiger partial charge on any atom is -0.342 e. The van der Waals surface area contributed by atoms with Gasteiger partial charge in [-0.2, -0.15) is 0 Å². The third-order valence-corrected chi connectivity index (χ3v) is 3.87. The zero-order valence-electron chi connectivity index (χ0n) is 11.3. The summed E-state index contributed by atoms with van der Waals surface area (Å²) in [6.07, 6.45) is 0. The first-order chi connectivity index (χ1) is 10.2. The Labute approximate surface area is 119 Å². The van der Waals surface area contributed by atoms with Gasteiger partial charge in [-0.1, -0.05) is 30.3 Å². The Morgan fingerprint density at radius 3 is 2.76 bits per heavy atom. The number of fused-ring (bicyclic) bond motifs is 4. The van der Waals surface area contributed by atoms with Crippen molar-refractivity contribution in [2.45, 2.75) is 0 Å². The molecule has 0 fully saturated rings. The van der Waals surface area contributed by atoms with Crippen molar-refractivity contribution >= 4 is 27.5 Å². The molecule has 2 aromatic rings. The number of para-hydroxylation sites is 2. The normalized spacial score (nSPS) is 11.5. The van der Waals surface area contributed by atoms with Crippen molar-refractivity contribution in [3.8, 4) is 11.4 Å². The van der Waals surface area contributed by atoms with Crippen LogP contribution in [0.5, 0.6) is 0 Å². The summed E-state index contributed by atoms with van der Waals surface area (Å²) in [5.41, 5.74) is 3.27. The van der Waals surface area contributed by atoms with Gasteiger partial charge in [-0.05, 0) is 12.1 Å². The van der Waals surface area contributed by atoms with Crippen LogP contribution in [0.4, 0.5) is 5.69 Å². The molecule has 21 heavy (non-hydrogen) atoms. The zero-order chi connectivity index (χ0) is 14.6.